The quantitative estimate of drug-likeness (QED) is 0.714. The number of aryl methyl sites for hydroxylation is 1. The number of hydrogen-bond donors (Lipinski definition) is 2. The lowest BCUT2D eigenvalue weighted by molar-refractivity contribution is -0.150. The number of rotatable bonds is 6. The van der Waals surface area contributed by atoms with Crippen molar-refractivity contribution in [2.24, 2.45) is 0 Å². The molecule has 8 heteroatoms. The lowest BCUT2D eigenvalue weighted by atomic mass is 9.93. The van der Waals surface area contributed by atoms with Crippen LogP contribution in [0.1, 0.15) is 54.9 Å². The average Bonchev–Trinajstić information content (AvgIpc) is 3.28. The minimum Gasteiger partial charge on any atom is -0.474 e. The average molecular weight is 406 g/mol. The standard InChI is InChI=1S/C20H27N3O4S/c1-21-12-4-6-13(7-5-12)27-18-17-16-11(9-14(24)20(25)26-2)3-8-15(16)28-19(17)23-10-22-18/h10-14,21,24H,3-9H2,1-2H3. The predicted octanol–water partition coefficient (Wildman–Crippen LogP) is 2.55. The van der Waals surface area contributed by atoms with Crippen LogP contribution in [0, 0.1) is 0 Å². The Hall–Kier alpha value is -1.77. The van der Waals surface area contributed by atoms with Crippen molar-refractivity contribution in [3.63, 3.8) is 0 Å². The van der Waals surface area contributed by atoms with Crippen molar-refractivity contribution in [2.75, 3.05) is 14.2 Å². The van der Waals surface area contributed by atoms with E-state index in [2.05, 4.69) is 20.0 Å². The Bertz CT molecular complexity index is 847. The minimum absolute atomic E-state index is 0.0891. The van der Waals surface area contributed by atoms with Gasteiger partial charge in [0.25, 0.3) is 0 Å². The van der Waals surface area contributed by atoms with E-state index in [0.717, 1.165) is 54.3 Å². The number of fused-ring (bicyclic) bond motifs is 3. The molecular weight excluding hydrogens is 378 g/mol. The molecule has 2 N–H and O–H groups in total. The van der Waals surface area contributed by atoms with Gasteiger partial charge in [0, 0.05) is 10.9 Å². The number of thiophene rings is 1. The molecule has 2 atom stereocenters. The third-order valence-electron chi connectivity index (χ3n) is 6.04. The molecule has 0 bridgehead atoms. The molecule has 0 saturated heterocycles. The van der Waals surface area contributed by atoms with Crippen molar-refractivity contribution < 1.29 is 19.4 Å². The summed E-state index contributed by atoms with van der Waals surface area (Å²) in [4.78, 5) is 22.8. The number of nitrogens with one attached hydrogen (secondary N) is 1. The van der Waals surface area contributed by atoms with Gasteiger partial charge in [0.15, 0.2) is 6.10 Å². The zero-order valence-corrected chi connectivity index (χ0v) is 17.1. The maximum absolute atomic E-state index is 11.7. The van der Waals surface area contributed by atoms with Gasteiger partial charge < -0.3 is 19.9 Å². The monoisotopic (exact) mass is 405 g/mol. The van der Waals surface area contributed by atoms with E-state index in [1.807, 2.05) is 7.05 Å². The molecule has 152 valence electrons. The van der Waals surface area contributed by atoms with Crippen LogP contribution in [0.25, 0.3) is 10.2 Å². The number of ether oxygens (including phenoxy) is 2. The van der Waals surface area contributed by atoms with Gasteiger partial charge >= 0.3 is 5.97 Å². The van der Waals surface area contributed by atoms with Gasteiger partial charge in [-0.15, -0.1) is 11.3 Å². The maximum atomic E-state index is 11.7. The van der Waals surface area contributed by atoms with Gasteiger partial charge in [0.05, 0.1) is 12.5 Å². The molecule has 28 heavy (non-hydrogen) atoms. The van der Waals surface area contributed by atoms with E-state index in [-0.39, 0.29) is 12.0 Å². The minimum atomic E-state index is -1.11. The van der Waals surface area contributed by atoms with E-state index >= 15 is 0 Å². The molecule has 2 aromatic heterocycles. The molecule has 2 aromatic rings. The van der Waals surface area contributed by atoms with Crippen LogP contribution in [0.4, 0.5) is 0 Å². The highest BCUT2D eigenvalue weighted by molar-refractivity contribution is 7.19. The summed E-state index contributed by atoms with van der Waals surface area (Å²) in [5.74, 6) is 0.156. The molecule has 0 amide bonds. The number of aromatic nitrogens is 2. The summed E-state index contributed by atoms with van der Waals surface area (Å²) in [6.07, 6.45) is 7.04. The Kier molecular flexibility index (Phi) is 5.80. The van der Waals surface area contributed by atoms with Gasteiger partial charge in [0.2, 0.25) is 5.88 Å². The fourth-order valence-corrected chi connectivity index (χ4v) is 5.73. The number of hydrogen-bond acceptors (Lipinski definition) is 8. The molecule has 7 nitrogen and oxygen atoms in total. The topological polar surface area (TPSA) is 93.6 Å². The predicted molar refractivity (Wildman–Crippen MR) is 107 cm³/mol. The van der Waals surface area contributed by atoms with Gasteiger partial charge in [-0.25, -0.2) is 14.8 Å². The second-order valence-electron chi connectivity index (χ2n) is 7.69. The summed E-state index contributed by atoms with van der Waals surface area (Å²) < 4.78 is 11.0. The first-order chi connectivity index (χ1) is 13.6. The lowest BCUT2D eigenvalue weighted by Crippen LogP contribution is -2.34. The van der Waals surface area contributed by atoms with E-state index in [4.69, 9.17) is 4.74 Å². The highest BCUT2D eigenvalue weighted by Crippen LogP contribution is 2.47. The molecule has 2 unspecified atom stereocenters. The van der Waals surface area contributed by atoms with E-state index in [9.17, 15) is 9.90 Å². The zero-order valence-electron chi connectivity index (χ0n) is 16.3. The summed E-state index contributed by atoms with van der Waals surface area (Å²) in [6, 6.07) is 0.569. The number of esters is 1. The Morgan fingerprint density at radius 1 is 1.32 bits per heavy atom. The Morgan fingerprint density at radius 2 is 2.11 bits per heavy atom. The molecule has 0 aliphatic heterocycles. The van der Waals surface area contributed by atoms with Crippen LogP contribution < -0.4 is 10.1 Å². The summed E-state index contributed by atoms with van der Waals surface area (Å²) >= 11 is 1.67. The number of nitrogens with zero attached hydrogens (tertiary/aromatic N) is 2. The number of methoxy groups -OCH3 is 1. The molecule has 1 fully saturated rings. The molecule has 2 heterocycles. The van der Waals surface area contributed by atoms with Crippen molar-refractivity contribution in [2.45, 2.75) is 69.1 Å². The van der Waals surface area contributed by atoms with Crippen LogP contribution in [-0.4, -0.2) is 53.5 Å². The van der Waals surface area contributed by atoms with Crippen LogP contribution in [0.15, 0.2) is 6.33 Å². The van der Waals surface area contributed by atoms with Gasteiger partial charge in [-0.2, -0.15) is 0 Å². The van der Waals surface area contributed by atoms with Crippen LogP contribution in [0.5, 0.6) is 5.88 Å². The summed E-state index contributed by atoms with van der Waals surface area (Å²) in [7, 11) is 3.31. The van der Waals surface area contributed by atoms with E-state index in [0.29, 0.717) is 18.3 Å². The second-order valence-corrected chi connectivity index (χ2v) is 8.77. The summed E-state index contributed by atoms with van der Waals surface area (Å²) in [5, 5.41) is 14.5. The highest BCUT2D eigenvalue weighted by Gasteiger charge is 2.33. The fourth-order valence-electron chi connectivity index (χ4n) is 4.49. The van der Waals surface area contributed by atoms with Crippen LogP contribution in [-0.2, 0) is 16.0 Å². The lowest BCUT2D eigenvalue weighted by Gasteiger charge is -2.28. The van der Waals surface area contributed by atoms with Crippen molar-refractivity contribution in [1.29, 1.82) is 0 Å². The molecule has 2 aliphatic rings. The highest BCUT2D eigenvalue weighted by atomic mass is 32.1. The van der Waals surface area contributed by atoms with Gasteiger partial charge in [-0.05, 0) is 63.5 Å². The molecule has 0 aromatic carbocycles. The van der Waals surface area contributed by atoms with Gasteiger partial charge in [-0.3, -0.25) is 0 Å². The third kappa shape index (κ3) is 3.73. The fraction of sp³-hybridized carbons (Fsp3) is 0.650. The Labute approximate surface area is 168 Å². The van der Waals surface area contributed by atoms with Crippen molar-refractivity contribution in [1.82, 2.24) is 15.3 Å². The zero-order chi connectivity index (χ0) is 19.7. The number of aliphatic hydroxyl groups is 1. The van der Waals surface area contributed by atoms with Crippen molar-refractivity contribution in [3.8, 4) is 5.88 Å². The van der Waals surface area contributed by atoms with E-state index < -0.39 is 12.1 Å². The summed E-state index contributed by atoms with van der Waals surface area (Å²) in [5.41, 5.74) is 1.16. The Balaban J connectivity index is 1.59. The van der Waals surface area contributed by atoms with Crippen LogP contribution in [0.3, 0.4) is 0 Å². The molecule has 0 spiro atoms. The molecular formula is C20H27N3O4S. The molecule has 1 saturated carbocycles. The van der Waals surface area contributed by atoms with Crippen molar-refractivity contribution >= 4 is 27.5 Å². The van der Waals surface area contributed by atoms with E-state index in [1.54, 1.807) is 17.7 Å². The number of carbonyl (C=O) groups is 1. The second kappa shape index (κ2) is 8.31. The molecule has 2 aliphatic carbocycles. The van der Waals surface area contributed by atoms with Crippen LogP contribution >= 0.6 is 11.3 Å². The summed E-state index contributed by atoms with van der Waals surface area (Å²) in [6.45, 7) is 0. The maximum Gasteiger partial charge on any atom is 0.334 e. The third-order valence-corrected chi connectivity index (χ3v) is 7.21. The normalized spacial score (nSPS) is 25.5. The largest absolute Gasteiger partial charge is 0.474 e. The van der Waals surface area contributed by atoms with Gasteiger partial charge in [0.1, 0.15) is 17.3 Å². The molecule has 4 rings (SSSR count). The SMILES string of the molecule is CNC1CCC(Oc2ncnc3sc4c(c23)C(CC(O)C(=O)OC)CC4)CC1. The van der Waals surface area contributed by atoms with Crippen molar-refractivity contribution in [3.05, 3.63) is 16.8 Å². The first-order valence-electron chi connectivity index (χ1n) is 9.96. The van der Waals surface area contributed by atoms with Gasteiger partial charge in [-0.1, -0.05) is 0 Å². The number of aliphatic hydroxyl groups excluding tert-OH is 1. The molecule has 0 radical (unpaired) electrons. The van der Waals surface area contributed by atoms with Crippen LogP contribution in [0.2, 0.25) is 0 Å². The van der Waals surface area contributed by atoms with E-state index in [1.165, 1.54) is 12.0 Å². The first-order valence-corrected chi connectivity index (χ1v) is 10.8. The first kappa shape index (κ1) is 19.5. The Morgan fingerprint density at radius 3 is 2.82 bits per heavy atom. The smallest absolute Gasteiger partial charge is 0.334 e. The number of carbonyl (C=O) groups excluding carboxylic acids is 1.